The van der Waals surface area contributed by atoms with Crippen LogP contribution in [-0.4, -0.2) is 36.6 Å². The smallest absolute Gasteiger partial charge is 0.0246 e. The second-order valence-electron chi connectivity index (χ2n) is 6.28. The van der Waals surface area contributed by atoms with Gasteiger partial charge in [0.15, 0.2) is 0 Å². The SMILES string of the molecule is CCCNC(CCC)C(CC)N(C)C1CCCCC1. The van der Waals surface area contributed by atoms with Crippen LogP contribution in [0.25, 0.3) is 0 Å². The highest BCUT2D eigenvalue weighted by molar-refractivity contribution is 4.86. The lowest BCUT2D eigenvalue weighted by Gasteiger charge is -2.41. The van der Waals surface area contributed by atoms with Crippen molar-refractivity contribution >= 4 is 0 Å². The molecule has 0 heterocycles. The van der Waals surface area contributed by atoms with Crippen LogP contribution in [0.2, 0.25) is 0 Å². The van der Waals surface area contributed by atoms with Gasteiger partial charge in [0, 0.05) is 18.1 Å². The van der Waals surface area contributed by atoms with E-state index in [9.17, 15) is 0 Å². The van der Waals surface area contributed by atoms with Gasteiger partial charge < -0.3 is 5.32 Å². The van der Waals surface area contributed by atoms with Crippen LogP contribution in [0.4, 0.5) is 0 Å². The summed E-state index contributed by atoms with van der Waals surface area (Å²) in [6, 6.07) is 2.23. The van der Waals surface area contributed by atoms with Gasteiger partial charge in [-0.1, -0.05) is 46.5 Å². The zero-order chi connectivity index (χ0) is 14.1. The van der Waals surface area contributed by atoms with Gasteiger partial charge in [-0.05, 0) is 45.7 Å². The van der Waals surface area contributed by atoms with Gasteiger partial charge in [0.1, 0.15) is 0 Å². The van der Waals surface area contributed by atoms with Crippen molar-refractivity contribution in [3.8, 4) is 0 Å². The molecule has 0 aromatic carbocycles. The first kappa shape index (κ1) is 17.0. The van der Waals surface area contributed by atoms with Crippen molar-refractivity contribution in [2.75, 3.05) is 13.6 Å². The molecule has 1 aliphatic carbocycles. The molecule has 2 heteroatoms. The summed E-state index contributed by atoms with van der Waals surface area (Å²) in [6.45, 7) is 8.11. The Bertz CT molecular complexity index is 209. The van der Waals surface area contributed by atoms with Crippen molar-refractivity contribution in [3.05, 3.63) is 0 Å². The molecule has 0 saturated heterocycles. The monoisotopic (exact) mass is 268 g/mol. The minimum Gasteiger partial charge on any atom is -0.312 e. The Morgan fingerprint density at radius 2 is 1.74 bits per heavy atom. The van der Waals surface area contributed by atoms with Gasteiger partial charge in [-0.25, -0.2) is 0 Å². The molecule has 0 spiro atoms. The first-order valence-electron chi connectivity index (χ1n) is 8.69. The van der Waals surface area contributed by atoms with E-state index in [4.69, 9.17) is 0 Å². The fourth-order valence-corrected chi connectivity index (χ4v) is 3.69. The zero-order valence-corrected chi connectivity index (χ0v) is 13.8. The minimum absolute atomic E-state index is 0.682. The second kappa shape index (κ2) is 9.77. The fraction of sp³-hybridized carbons (Fsp3) is 1.00. The van der Waals surface area contributed by atoms with Crippen LogP contribution >= 0.6 is 0 Å². The number of hydrogen-bond acceptors (Lipinski definition) is 2. The number of nitrogens with zero attached hydrogens (tertiary/aromatic N) is 1. The molecule has 1 saturated carbocycles. The van der Waals surface area contributed by atoms with Crippen LogP contribution in [0.1, 0.15) is 78.6 Å². The first-order valence-corrected chi connectivity index (χ1v) is 8.69. The molecule has 2 atom stereocenters. The van der Waals surface area contributed by atoms with Crippen LogP contribution in [0.15, 0.2) is 0 Å². The predicted octanol–water partition coefficient (Wildman–Crippen LogP) is 4.20. The van der Waals surface area contributed by atoms with Crippen molar-refractivity contribution < 1.29 is 0 Å². The van der Waals surface area contributed by atoms with Crippen LogP contribution in [0.3, 0.4) is 0 Å². The van der Waals surface area contributed by atoms with Crippen LogP contribution in [-0.2, 0) is 0 Å². The molecule has 114 valence electrons. The molecular formula is C17H36N2. The fourth-order valence-electron chi connectivity index (χ4n) is 3.69. The van der Waals surface area contributed by atoms with Gasteiger partial charge >= 0.3 is 0 Å². The van der Waals surface area contributed by atoms with Crippen molar-refractivity contribution in [1.29, 1.82) is 0 Å². The highest BCUT2D eigenvalue weighted by atomic mass is 15.2. The molecule has 0 bridgehead atoms. The van der Waals surface area contributed by atoms with E-state index in [0.717, 1.165) is 12.1 Å². The van der Waals surface area contributed by atoms with Gasteiger partial charge in [-0.15, -0.1) is 0 Å². The molecule has 2 unspecified atom stereocenters. The summed E-state index contributed by atoms with van der Waals surface area (Å²) in [5, 5.41) is 3.80. The van der Waals surface area contributed by atoms with E-state index in [2.05, 4.69) is 38.0 Å². The van der Waals surface area contributed by atoms with Crippen molar-refractivity contribution in [1.82, 2.24) is 10.2 Å². The summed E-state index contributed by atoms with van der Waals surface area (Å²) in [6.07, 6.45) is 12.3. The highest BCUT2D eigenvalue weighted by Gasteiger charge is 2.28. The molecule has 0 radical (unpaired) electrons. The number of nitrogens with one attached hydrogen (secondary N) is 1. The normalized spacial score (nSPS) is 20.7. The Morgan fingerprint density at radius 1 is 1.05 bits per heavy atom. The molecular weight excluding hydrogens is 232 g/mol. The summed E-state index contributed by atoms with van der Waals surface area (Å²) in [7, 11) is 2.38. The Hall–Kier alpha value is -0.0800. The van der Waals surface area contributed by atoms with Crippen molar-refractivity contribution in [2.24, 2.45) is 0 Å². The quantitative estimate of drug-likeness (QED) is 0.674. The molecule has 0 aromatic heterocycles. The van der Waals surface area contributed by atoms with E-state index in [1.54, 1.807) is 0 Å². The summed E-state index contributed by atoms with van der Waals surface area (Å²) in [4.78, 5) is 2.71. The van der Waals surface area contributed by atoms with Gasteiger partial charge in [-0.2, -0.15) is 0 Å². The maximum Gasteiger partial charge on any atom is 0.0246 e. The molecule has 1 aliphatic rings. The summed E-state index contributed by atoms with van der Waals surface area (Å²) >= 11 is 0. The molecule has 0 aliphatic heterocycles. The third-order valence-corrected chi connectivity index (χ3v) is 4.81. The Morgan fingerprint density at radius 3 is 2.26 bits per heavy atom. The third-order valence-electron chi connectivity index (χ3n) is 4.81. The molecule has 0 amide bonds. The Balaban J connectivity index is 2.59. The van der Waals surface area contributed by atoms with E-state index in [0.29, 0.717) is 6.04 Å². The largest absolute Gasteiger partial charge is 0.312 e. The predicted molar refractivity (Wildman–Crippen MR) is 85.7 cm³/mol. The minimum atomic E-state index is 0.682. The van der Waals surface area contributed by atoms with E-state index >= 15 is 0 Å². The zero-order valence-electron chi connectivity index (χ0n) is 13.8. The second-order valence-corrected chi connectivity index (χ2v) is 6.28. The number of hydrogen-bond donors (Lipinski definition) is 1. The molecule has 0 aromatic rings. The maximum absolute atomic E-state index is 3.80. The summed E-state index contributed by atoms with van der Waals surface area (Å²) in [5.41, 5.74) is 0. The van der Waals surface area contributed by atoms with E-state index in [1.165, 1.54) is 64.3 Å². The molecule has 19 heavy (non-hydrogen) atoms. The standard InChI is InChI=1S/C17H36N2/c1-5-11-16(18-14-6-2)17(7-3)19(4)15-12-9-8-10-13-15/h15-18H,5-14H2,1-4H3. The molecule has 1 rings (SSSR count). The lowest BCUT2D eigenvalue weighted by atomic mass is 9.91. The van der Waals surface area contributed by atoms with Crippen molar-refractivity contribution in [2.45, 2.75) is 96.7 Å². The van der Waals surface area contributed by atoms with Gasteiger partial charge in [0.25, 0.3) is 0 Å². The van der Waals surface area contributed by atoms with Crippen LogP contribution in [0, 0.1) is 0 Å². The number of likely N-dealkylation sites (N-methyl/N-ethyl adjacent to an activating group) is 1. The average molecular weight is 268 g/mol. The number of rotatable bonds is 9. The van der Waals surface area contributed by atoms with Crippen LogP contribution < -0.4 is 5.32 Å². The lowest BCUT2D eigenvalue weighted by molar-refractivity contribution is 0.103. The Labute approximate surface area is 121 Å². The first-order chi connectivity index (χ1) is 9.24. The van der Waals surface area contributed by atoms with Crippen LogP contribution in [0.5, 0.6) is 0 Å². The Kier molecular flexibility index (Phi) is 8.72. The molecule has 2 nitrogen and oxygen atoms in total. The summed E-state index contributed by atoms with van der Waals surface area (Å²) < 4.78 is 0. The lowest BCUT2D eigenvalue weighted by Crippen LogP contribution is -2.52. The molecule has 1 N–H and O–H groups in total. The molecule has 1 fully saturated rings. The average Bonchev–Trinajstić information content (AvgIpc) is 2.46. The van der Waals surface area contributed by atoms with Gasteiger partial charge in [0.2, 0.25) is 0 Å². The van der Waals surface area contributed by atoms with E-state index in [-0.39, 0.29) is 0 Å². The van der Waals surface area contributed by atoms with Gasteiger partial charge in [0.05, 0.1) is 0 Å². The third kappa shape index (κ3) is 5.43. The van der Waals surface area contributed by atoms with Gasteiger partial charge in [-0.3, -0.25) is 4.90 Å². The highest BCUT2D eigenvalue weighted by Crippen LogP contribution is 2.25. The summed E-state index contributed by atoms with van der Waals surface area (Å²) in [5.74, 6) is 0. The maximum atomic E-state index is 3.80. The van der Waals surface area contributed by atoms with E-state index in [1.807, 2.05) is 0 Å². The van der Waals surface area contributed by atoms with E-state index < -0.39 is 0 Å². The van der Waals surface area contributed by atoms with Crippen molar-refractivity contribution in [3.63, 3.8) is 0 Å². The topological polar surface area (TPSA) is 15.3 Å².